The van der Waals surface area contributed by atoms with Gasteiger partial charge < -0.3 is 9.51 Å². The molecule has 3 aromatic rings. The Kier molecular flexibility index (Phi) is 5.63. The Bertz CT molecular complexity index is 1190. The van der Waals surface area contributed by atoms with Crippen LogP contribution in [0, 0.1) is 11.6 Å². The van der Waals surface area contributed by atoms with Crippen LogP contribution < -0.4 is 0 Å². The first-order valence-corrected chi connectivity index (χ1v) is 10.5. The zero-order valence-corrected chi connectivity index (χ0v) is 18.1. The Morgan fingerprint density at radius 1 is 1.25 bits per heavy atom. The second-order valence-corrected chi connectivity index (χ2v) is 8.97. The predicted molar refractivity (Wildman–Crippen MR) is 117 cm³/mol. The molecule has 168 valence electrons. The second-order valence-electron chi connectivity index (χ2n) is 8.97. The number of carboxylic acid groups (broad SMARTS) is 1. The van der Waals surface area contributed by atoms with Gasteiger partial charge in [0, 0.05) is 42.1 Å². The smallest absolute Gasteiger partial charge is 0.328 e. The number of carboxylic acids is 1. The van der Waals surface area contributed by atoms with E-state index in [1.165, 1.54) is 13.8 Å². The lowest BCUT2D eigenvalue weighted by Gasteiger charge is -2.43. The molecule has 0 fully saturated rings. The summed E-state index contributed by atoms with van der Waals surface area (Å²) in [6.45, 7) is 4.85. The summed E-state index contributed by atoms with van der Waals surface area (Å²) in [5.41, 5.74) is 1.07. The Labute approximate surface area is 184 Å². The van der Waals surface area contributed by atoms with Gasteiger partial charge >= 0.3 is 5.97 Å². The highest BCUT2D eigenvalue weighted by atomic mass is 19.1. The summed E-state index contributed by atoms with van der Waals surface area (Å²) in [6.07, 6.45) is 6.34. The Morgan fingerprint density at radius 2 is 1.94 bits per heavy atom. The first kappa shape index (κ1) is 22.1. The number of nitrogens with zero attached hydrogens (tertiary/aromatic N) is 2. The van der Waals surface area contributed by atoms with E-state index in [4.69, 9.17) is 5.11 Å². The Morgan fingerprint density at radius 3 is 2.56 bits per heavy atom. The molecule has 3 heterocycles. The number of rotatable bonds is 5. The second kappa shape index (κ2) is 8.13. The van der Waals surface area contributed by atoms with E-state index in [9.17, 15) is 9.18 Å². The Balaban J connectivity index is 1.92. The molecule has 2 atom stereocenters. The van der Waals surface area contributed by atoms with Gasteiger partial charge in [0.2, 0.25) is 0 Å². The number of benzene rings is 1. The summed E-state index contributed by atoms with van der Waals surface area (Å²) in [6, 6.07) is 7.02. The minimum atomic E-state index is -1.57. The molecule has 1 aliphatic rings. The van der Waals surface area contributed by atoms with Gasteiger partial charge in [-0.05, 0) is 74.2 Å². The van der Waals surface area contributed by atoms with Crippen LogP contribution in [0.25, 0.3) is 11.6 Å². The van der Waals surface area contributed by atoms with E-state index in [1.807, 2.05) is 46.8 Å². The van der Waals surface area contributed by atoms with Crippen molar-refractivity contribution in [1.29, 1.82) is 0 Å². The van der Waals surface area contributed by atoms with Gasteiger partial charge in [-0.2, -0.15) is 0 Å². The molecule has 4 rings (SSSR count). The van der Waals surface area contributed by atoms with Crippen molar-refractivity contribution in [2.45, 2.75) is 44.9 Å². The normalized spacial score (nSPS) is 19.6. The number of aromatic nitrogens is 1. The number of pyridine rings is 1. The van der Waals surface area contributed by atoms with Gasteiger partial charge in [0.15, 0.2) is 0 Å². The van der Waals surface area contributed by atoms with Crippen molar-refractivity contribution < 1.29 is 23.1 Å². The number of hydrogen-bond donors (Lipinski definition) is 1. The monoisotopic (exact) mass is 442 g/mol. The van der Waals surface area contributed by atoms with Gasteiger partial charge in [0.25, 0.3) is 0 Å². The number of alkyl halides is 1. The van der Waals surface area contributed by atoms with Crippen molar-refractivity contribution in [3.8, 4) is 0 Å². The van der Waals surface area contributed by atoms with Gasteiger partial charge in [-0.3, -0.25) is 4.90 Å². The van der Waals surface area contributed by atoms with Crippen molar-refractivity contribution in [2.24, 2.45) is 0 Å². The molecule has 0 spiro atoms. The number of aliphatic carboxylic acids is 1. The SMILES string of the molecule is CC1Cc2c(cn3ccccc23)C(c2c(F)cc(/C=C/C(=O)O)cc2F)N1CC(C)(C)F. The van der Waals surface area contributed by atoms with Gasteiger partial charge in [0.1, 0.15) is 17.3 Å². The average molecular weight is 442 g/mol. The zero-order chi connectivity index (χ0) is 23.2. The lowest BCUT2D eigenvalue weighted by atomic mass is 9.85. The van der Waals surface area contributed by atoms with Gasteiger partial charge in [0.05, 0.1) is 6.04 Å². The summed E-state index contributed by atoms with van der Waals surface area (Å²) >= 11 is 0. The van der Waals surface area contributed by atoms with Crippen molar-refractivity contribution >= 4 is 17.6 Å². The standard InChI is InChI=1S/C25H25F3N2O2/c1-15-10-17-18(13-29-9-5-4-6-21(17)29)24(30(15)14-25(2,3)28)23-19(26)11-16(12-20(23)27)7-8-22(31)32/h4-9,11-13,15,24H,10,14H2,1-3H3,(H,31,32)/b8-7+. The molecule has 2 unspecified atom stereocenters. The molecule has 0 amide bonds. The van der Waals surface area contributed by atoms with Crippen molar-refractivity contribution in [1.82, 2.24) is 9.30 Å². The van der Waals surface area contributed by atoms with Crippen LogP contribution in [-0.2, 0) is 11.2 Å². The third kappa shape index (κ3) is 4.17. The third-order valence-electron chi connectivity index (χ3n) is 5.87. The molecule has 1 aliphatic heterocycles. The number of hydrogen-bond acceptors (Lipinski definition) is 2. The predicted octanol–water partition coefficient (Wildman–Crippen LogP) is 5.40. The van der Waals surface area contributed by atoms with Crippen molar-refractivity contribution in [3.63, 3.8) is 0 Å². The topological polar surface area (TPSA) is 45.0 Å². The number of fused-ring (bicyclic) bond motifs is 3. The van der Waals surface area contributed by atoms with Gasteiger partial charge in [-0.15, -0.1) is 0 Å². The molecule has 0 radical (unpaired) electrons. The maximum absolute atomic E-state index is 15.4. The van der Waals surface area contributed by atoms with Crippen molar-refractivity contribution in [2.75, 3.05) is 6.54 Å². The highest BCUT2D eigenvalue weighted by Gasteiger charge is 2.40. The maximum atomic E-state index is 15.4. The van der Waals surface area contributed by atoms with Crippen LogP contribution >= 0.6 is 0 Å². The highest BCUT2D eigenvalue weighted by molar-refractivity contribution is 5.85. The third-order valence-corrected chi connectivity index (χ3v) is 5.87. The van der Waals surface area contributed by atoms with Crippen LogP contribution in [0.5, 0.6) is 0 Å². The van der Waals surface area contributed by atoms with Crippen molar-refractivity contribution in [3.05, 3.63) is 82.7 Å². The van der Waals surface area contributed by atoms with Crippen LogP contribution in [0.15, 0.2) is 48.8 Å². The average Bonchev–Trinajstić information content (AvgIpc) is 3.05. The van der Waals surface area contributed by atoms with Gasteiger partial charge in [-0.25, -0.2) is 18.0 Å². The Hall–Kier alpha value is -3.06. The van der Waals surface area contributed by atoms with E-state index in [-0.39, 0.29) is 23.7 Å². The number of halogens is 3. The van der Waals surface area contributed by atoms with E-state index in [1.54, 1.807) is 0 Å². The maximum Gasteiger partial charge on any atom is 0.328 e. The van der Waals surface area contributed by atoms with E-state index < -0.39 is 29.3 Å². The lowest BCUT2D eigenvalue weighted by molar-refractivity contribution is -0.131. The van der Waals surface area contributed by atoms with Crippen LogP contribution in [0.3, 0.4) is 0 Å². The lowest BCUT2D eigenvalue weighted by Crippen LogP contribution is -2.48. The molecule has 1 aromatic carbocycles. The van der Waals surface area contributed by atoms with E-state index >= 15 is 8.78 Å². The molecule has 0 bridgehead atoms. The summed E-state index contributed by atoms with van der Waals surface area (Å²) in [4.78, 5) is 12.6. The summed E-state index contributed by atoms with van der Waals surface area (Å²) in [7, 11) is 0. The minimum absolute atomic E-state index is 0.00398. The fourth-order valence-corrected chi connectivity index (χ4v) is 4.64. The molecule has 32 heavy (non-hydrogen) atoms. The minimum Gasteiger partial charge on any atom is -0.478 e. The van der Waals surface area contributed by atoms with E-state index in [0.29, 0.717) is 6.42 Å². The summed E-state index contributed by atoms with van der Waals surface area (Å²) in [5.74, 6) is -2.80. The number of carbonyl (C=O) groups is 1. The highest BCUT2D eigenvalue weighted by Crippen LogP contribution is 2.43. The first-order valence-electron chi connectivity index (χ1n) is 10.5. The molecular formula is C25H25F3N2O2. The van der Waals surface area contributed by atoms with Crippen LogP contribution in [-0.4, -0.2) is 38.6 Å². The van der Waals surface area contributed by atoms with Crippen LogP contribution in [0.4, 0.5) is 13.2 Å². The molecule has 4 nitrogen and oxygen atoms in total. The summed E-state index contributed by atoms with van der Waals surface area (Å²) in [5, 5.41) is 8.80. The molecule has 7 heteroatoms. The molecular weight excluding hydrogens is 417 g/mol. The van der Waals surface area contributed by atoms with Gasteiger partial charge in [-0.1, -0.05) is 6.07 Å². The molecule has 0 saturated carbocycles. The van der Waals surface area contributed by atoms with Crippen LogP contribution in [0.2, 0.25) is 0 Å². The quantitative estimate of drug-likeness (QED) is 0.538. The van der Waals surface area contributed by atoms with E-state index in [2.05, 4.69) is 0 Å². The largest absolute Gasteiger partial charge is 0.478 e. The molecule has 0 saturated heterocycles. The van der Waals surface area contributed by atoms with Crippen LogP contribution in [0.1, 0.15) is 49.1 Å². The fraction of sp³-hybridized carbons (Fsp3) is 0.320. The van der Waals surface area contributed by atoms with E-state index in [0.717, 1.165) is 40.9 Å². The molecule has 1 N–H and O–H groups in total. The molecule has 2 aromatic heterocycles. The summed E-state index contributed by atoms with van der Waals surface area (Å²) < 4.78 is 47.4. The fourth-order valence-electron chi connectivity index (χ4n) is 4.64. The molecule has 0 aliphatic carbocycles. The first-order chi connectivity index (χ1) is 15.0. The zero-order valence-electron chi connectivity index (χ0n) is 18.1.